The molecule has 0 bridgehead atoms. The molecule has 7 heteroatoms. The zero-order valence-electron chi connectivity index (χ0n) is 14.6. The third kappa shape index (κ3) is 3.97. The number of halogens is 1. The van der Waals surface area contributed by atoms with Gasteiger partial charge in [0.15, 0.2) is 0 Å². The Bertz CT molecular complexity index is 912. The maximum absolute atomic E-state index is 13.1. The number of anilines is 1. The third-order valence-electron chi connectivity index (χ3n) is 4.74. The summed E-state index contributed by atoms with van der Waals surface area (Å²) in [6.07, 6.45) is 3.88. The number of likely N-dealkylation sites (tertiary alicyclic amines) is 1. The van der Waals surface area contributed by atoms with Crippen molar-refractivity contribution in [1.29, 1.82) is 0 Å². The number of nitrogens with zero attached hydrogens (tertiary/aromatic N) is 3. The van der Waals surface area contributed by atoms with E-state index in [9.17, 15) is 9.18 Å². The Labute approximate surface area is 156 Å². The minimum absolute atomic E-state index is 0.106. The van der Waals surface area contributed by atoms with Crippen molar-refractivity contribution in [3.63, 3.8) is 0 Å². The van der Waals surface area contributed by atoms with Crippen LogP contribution in [-0.4, -0.2) is 33.7 Å². The Morgan fingerprint density at radius 3 is 2.89 bits per heavy atom. The normalized spacial score (nSPS) is 16.5. The number of carbonyl (C=O) groups is 1. The van der Waals surface area contributed by atoms with Crippen LogP contribution in [-0.2, 0) is 6.42 Å². The Morgan fingerprint density at radius 2 is 2.11 bits per heavy atom. The molecule has 0 spiro atoms. The standard InChI is InChI=1S/C20H19FN4O2/c21-16-8-6-14(7-9-16)11-18-5-2-10-25(18)20(26)23-17-4-1-3-15(12-17)19-24-22-13-27-19/h1,3-4,6-9,12-13,18H,2,5,10-11H2,(H,23,26). The van der Waals surface area contributed by atoms with Gasteiger partial charge in [-0.2, -0.15) is 0 Å². The average molecular weight is 366 g/mol. The van der Waals surface area contributed by atoms with E-state index in [0.717, 1.165) is 30.4 Å². The molecule has 1 aromatic heterocycles. The summed E-state index contributed by atoms with van der Waals surface area (Å²) in [5.41, 5.74) is 2.44. The smallest absolute Gasteiger partial charge is 0.322 e. The molecule has 2 amide bonds. The summed E-state index contributed by atoms with van der Waals surface area (Å²) in [6, 6.07) is 13.7. The first-order chi connectivity index (χ1) is 13.2. The van der Waals surface area contributed by atoms with Gasteiger partial charge in [0.1, 0.15) is 5.82 Å². The molecule has 1 atom stereocenters. The summed E-state index contributed by atoms with van der Waals surface area (Å²) < 4.78 is 18.3. The van der Waals surface area contributed by atoms with Crippen molar-refractivity contribution in [3.05, 3.63) is 66.3 Å². The number of amides is 2. The van der Waals surface area contributed by atoms with Gasteiger partial charge in [0, 0.05) is 23.8 Å². The summed E-state index contributed by atoms with van der Waals surface area (Å²) in [5.74, 6) is 0.155. The van der Waals surface area contributed by atoms with E-state index in [1.807, 2.05) is 23.1 Å². The predicted molar refractivity (Wildman–Crippen MR) is 98.6 cm³/mol. The highest BCUT2D eigenvalue weighted by atomic mass is 19.1. The molecule has 0 saturated carbocycles. The minimum atomic E-state index is -0.249. The lowest BCUT2D eigenvalue weighted by atomic mass is 10.0. The Kier molecular flexibility index (Phi) is 4.82. The van der Waals surface area contributed by atoms with Crippen LogP contribution in [0.2, 0.25) is 0 Å². The number of benzene rings is 2. The molecule has 0 aliphatic carbocycles. The van der Waals surface area contributed by atoms with Crippen molar-refractivity contribution in [2.24, 2.45) is 0 Å². The predicted octanol–water partition coefficient (Wildman–Crippen LogP) is 4.11. The van der Waals surface area contributed by atoms with Gasteiger partial charge in [-0.05, 0) is 55.2 Å². The molecule has 1 saturated heterocycles. The van der Waals surface area contributed by atoms with Crippen LogP contribution in [0.1, 0.15) is 18.4 Å². The summed E-state index contributed by atoms with van der Waals surface area (Å²) in [7, 11) is 0. The quantitative estimate of drug-likeness (QED) is 0.754. The summed E-state index contributed by atoms with van der Waals surface area (Å²) in [5, 5.41) is 10.5. The van der Waals surface area contributed by atoms with Crippen molar-refractivity contribution in [1.82, 2.24) is 15.1 Å². The van der Waals surface area contributed by atoms with Crippen molar-refractivity contribution in [2.45, 2.75) is 25.3 Å². The van der Waals surface area contributed by atoms with Gasteiger partial charge in [0.2, 0.25) is 12.3 Å². The molecule has 3 aromatic rings. The highest BCUT2D eigenvalue weighted by Gasteiger charge is 2.28. The molecule has 1 fully saturated rings. The van der Waals surface area contributed by atoms with Crippen molar-refractivity contribution >= 4 is 11.7 Å². The fourth-order valence-electron chi connectivity index (χ4n) is 3.43. The molecular formula is C20H19FN4O2. The number of rotatable bonds is 4. The van der Waals surface area contributed by atoms with E-state index in [1.54, 1.807) is 18.2 Å². The van der Waals surface area contributed by atoms with Crippen molar-refractivity contribution in [3.8, 4) is 11.5 Å². The van der Waals surface area contributed by atoms with Gasteiger partial charge in [-0.3, -0.25) is 0 Å². The number of hydrogen-bond acceptors (Lipinski definition) is 4. The maximum Gasteiger partial charge on any atom is 0.322 e. The molecule has 2 heterocycles. The van der Waals surface area contributed by atoms with Crippen LogP contribution in [0.5, 0.6) is 0 Å². The Hall–Kier alpha value is -3.22. The molecule has 1 N–H and O–H groups in total. The molecule has 0 radical (unpaired) electrons. The van der Waals surface area contributed by atoms with Crippen molar-refractivity contribution in [2.75, 3.05) is 11.9 Å². The van der Waals surface area contributed by atoms with E-state index in [0.29, 0.717) is 18.1 Å². The third-order valence-corrected chi connectivity index (χ3v) is 4.74. The van der Waals surface area contributed by atoms with E-state index in [1.165, 1.54) is 18.5 Å². The molecule has 4 rings (SSSR count). The fourth-order valence-corrected chi connectivity index (χ4v) is 3.43. The van der Waals surface area contributed by atoms with Gasteiger partial charge in [0.05, 0.1) is 0 Å². The Morgan fingerprint density at radius 1 is 1.26 bits per heavy atom. The van der Waals surface area contributed by atoms with Gasteiger partial charge < -0.3 is 14.6 Å². The SMILES string of the molecule is O=C(Nc1cccc(-c2nnco2)c1)N1CCCC1Cc1ccc(F)cc1. The van der Waals surface area contributed by atoms with Gasteiger partial charge in [-0.15, -0.1) is 10.2 Å². The lowest BCUT2D eigenvalue weighted by Gasteiger charge is -2.25. The van der Waals surface area contributed by atoms with E-state index < -0.39 is 0 Å². The van der Waals surface area contributed by atoms with E-state index in [2.05, 4.69) is 15.5 Å². The number of carbonyl (C=O) groups excluding carboxylic acids is 1. The second-order valence-corrected chi connectivity index (χ2v) is 6.57. The topological polar surface area (TPSA) is 71.3 Å². The number of hydrogen-bond donors (Lipinski definition) is 1. The van der Waals surface area contributed by atoms with Gasteiger partial charge in [-0.1, -0.05) is 18.2 Å². The second-order valence-electron chi connectivity index (χ2n) is 6.57. The lowest BCUT2D eigenvalue weighted by Crippen LogP contribution is -2.39. The highest BCUT2D eigenvalue weighted by molar-refractivity contribution is 5.90. The Balaban J connectivity index is 1.44. The molecule has 1 aliphatic rings. The van der Waals surface area contributed by atoms with Crippen molar-refractivity contribution < 1.29 is 13.6 Å². The first-order valence-corrected chi connectivity index (χ1v) is 8.88. The van der Waals surface area contributed by atoms with E-state index in [4.69, 9.17) is 4.42 Å². The molecular weight excluding hydrogens is 347 g/mol. The first kappa shape index (κ1) is 17.2. The van der Waals surface area contributed by atoms with E-state index in [-0.39, 0.29) is 17.9 Å². The van der Waals surface area contributed by atoms with Crippen LogP contribution >= 0.6 is 0 Å². The van der Waals surface area contributed by atoms with Gasteiger partial charge in [-0.25, -0.2) is 9.18 Å². The lowest BCUT2D eigenvalue weighted by molar-refractivity contribution is 0.206. The maximum atomic E-state index is 13.1. The minimum Gasteiger partial charge on any atom is -0.423 e. The van der Waals surface area contributed by atoms with Crippen LogP contribution in [0.15, 0.2) is 59.3 Å². The number of aromatic nitrogens is 2. The second kappa shape index (κ2) is 7.57. The molecule has 1 unspecified atom stereocenters. The van der Waals surface area contributed by atoms with Crippen LogP contribution in [0.4, 0.5) is 14.9 Å². The van der Waals surface area contributed by atoms with Crippen LogP contribution in [0.3, 0.4) is 0 Å². The zero-order chi connectivity index (χ0) is 18.6. The number of nitrogens with one attached hydrogen (secondary N) is 1. The monoisotopic (exact) mass is 366 g/mol. The summed E-state index contributed by atoms with van der Waals surface area (Å²) >= 11 is 0. The molecule has 2 aromatic carbocycles. The van der Waals surface area contributed by atoms with E-state index >= 15 is 0 Å². The zero-order valence-corrected chi connectivity index (χ0v) is 14.6. The number of urea groups is 1. The molecule has 138 valence electrons. The van der Waals surface area contributed by atoms with Gasteiger partial charge in [0.25, 0.3) is 0 Å². The van der Waals surface area contributed by atoms with Crippen LogP contribution < -0.4 is 5.32 Å². The fraction of sp³-hybridized carbons (Fsp3) is 0.250. The highest BCUT2D eigenvalue weighted by Crippen LogP contribution is 2.24. The molecule has 6 nitrogen and oxygen atoms in total. The largest absolute Gasteiger partial charge is 0.423 e. The summed E-state index contributed by atoms with van der Waals surface area (Å²) in [4.78, 5) is 14.6. The summed E-state index contributed by atoms with van der Waals surface area (Å²) in [6.45, 7) is 0.709. The molecule has 1 aliphatic heterocycles. The average Bonchev–Trinajstić information content (AvgIpc) is 3.36. The van der Waals surface area contributed by atoms with Crippen LogP contribution in [0, 0.1) is 5.82 Å². The van der Waals surface area contributed by atoms with Gasteiger partial charge >= 0.3 is 6.03 Å². The van der Waals surface area contributed by atoms with Crippen LogP contribution in [0.25, 0.3) is 11.5 Å². The first-order valence-electron chi connectivity index (χ1n) is 8.88. The molecule has 27 heavy (non-hydrogen) atoms.